The fourth-order valence-corrected chi connectivity index (χ4v) is 2.37. The van der Waals surface area contributed by atoms with Crippen molar-refractivity contribution in [1.29, 1.82) is 0 Å². The van der Waals surface area contributed by atoms with E-state index in [1.54, 1.807) is 0 Å². The van der Waals surface area contributed by atoms with E-state index in [1.165, 1.54) is 0 Å². The van der Waals surface area contributed by atoms with Crippen molar-refractivity contribution < 1.29 is 0 Å². The normalized spacial score (nSPS) is 18.7. The van der Waals surface area contributed by atoms with Gasteiger partial charge in [0.05, 0.1) is 0 Å². The molecule has 0 spiro atoms. The van der Waals surface area contributed by atoms with Crippen LogP contribution in [0.1, 0.15) is 0 Å². The van der Waals surface area contributed by atoms with Gasteiger partial charge in [-0.1, -0.05) is 0 Å². The molecule has 1 rings (SSSR count). The average Bonchev–Trinajstić information content (AvgIpc) is 1.72. The molecular formula is C4H4SSe. The summed E-state index contributed by atoms with van der Waals surface area (Å²) >= 11 is 0.703. The van der Waals surface area contributed by atoms with Gasteiger partial charge in [0.1, 0.15) is 0 Å². The monoisotopic (exact) mass is 164 g/mol. The predicted octanol–water partition coefficient (Wildman–Crippen LogP) is 1.38. The summed E-state index contributed by atoms with van der Waals surface area (Å²) in [6.07, 6.45) is 4.16. The molecule has 1 aliphatic rings. The summed E-state index contributed by atoms with van der Waals surface area (Å²) in [5.41, 5.74) is 0. The van der Waals surface area contributed by atoms with Gasteiger partial charge in [0.15, 0.2) is 0 Å². The number of rotatable bonds is 0. The molecule has 0 nitrogen and oxygen atoms in total. The van der Waals surface area contributed by atoms with E-state index in [4.69, 9.17) is 0 Å². The first-order valence-electron chi connectivity index (χ1n) is 1.64. The van der Waals surface area contributed by atoms with Gasteiger partial charge in [-0.3, -0.25) is 0 Å². The van der Waals surface area contributed by atoms with E-state index < -0.39 is 0 Å². The Balaban J connectivity index is 2.46. The first-order chi connectivity index (χ1) is 3.00. The van der Waals surface area contributed by atoms with E-state index in [9.17, 15) is 0 Å². The Bertz CT molecular complexity index is 73.5. The van der Waals surface area contributed by atoms with Gasteiger partial charge < -0.3 is 0 Å². The second-order valence-corrected chi connectivity index (χ2v) is 4.50. The van der Waals surface area contributed by atoms with Crippen LogP contribution in [-0.2, 0) is 0 Å². The number of allylic oxidation sites excluding steroid dienone is 2. The van der Waals surface area contributed by atoms with Crippen molar-refractivity contribution in [1.82, 2.24) is 0 Å². The van der Waals surface area contributed by atoms with Gasteiger partial charge in [-0.05, 0) is 0 Å². The van der Waals surface area contributed by atoms with Crippen LogP contribution in [-0.4, -0.2) is 13.8 Å². The molecule has 0 radical (unpaired) electrons. The molecule has 1 aliphatic heterocycles. The molecule has 0 aromatic rings. The third-order valence-electron chi connectivity index (χ3n) is 0.435. The van der Waals surface area contributed by atoms with Crippen LogP contribution < -0.4 is 0 Å². The molecule has 0 unspecified atom stereocenters. The average molecular weight is 163 g/mol. The summed E-state index contributed by atoms with van der Waals surface area (Å²) in [6.45, 7) is 0. The Morgan fingerprint density at radius 3 is 2.50 bits per heavy atom. The van der Waals surface area contributed by atoms with Crippen molar-refractivity contribution in [2.75, 3.05) is 0 Å². The molecule has 2 heteroatoms. The van der Waals surface area contributed by atoms with Gasteiger partial charge in [-0.25, -0.2) is 0 Å². The molecule has 0 bridgehead atoms. The molecule has 32 valence electrons. The molecule has 0 aliphatic carbocycles. The zero-order valence-electron chi connectivity index (χ0n) is 3.13. The Hall–Kier alpha value is 0.349. The van der Waals surface area contributed by atoms with Crippen LogP contribution >= 0.6 is 10.2 Å². The van der Waals surface area contributed by atoms with Crippen molar-refractivity contribution in [2.45, 2.75) is 0 Å². The summed E-state index contributed by atoms with van der Waals surface area (Å²) in [5.74, 6) is 0. The minimum atomic E-state index is 0.703. The van der Waals surface area contributed by atoms with Crippen molar-refractivity contribution in [3.05, 3.63) is 22.5 Å². The number of hydrogen-bond acceptors (Lipinski definition) is 1. The van der Waals surface area contributed by atoms with Crippen molar-refractivity contribution in [3.63, 3.8) is 0 Å². The van der Waals surface area contributed by atoms with E-state index >= 15 is 0 Å². The van der Waals surface area contributed by atoms with E-state index in [0.29, 0.717) is 13.8 Å². The molecule has 6 heavy (non-hydrogen) atoms. The topological polar surface area (TPSA) is 0 Å². The minimum absolute atomic E-state index is 0.703. The van der Waals surface area contributed by atoms with Crippen molar-refractivity contribution >= 4 is 24.0 Å². The summed E-state index contributed by atoms with van der Waals surface area (Å²) in [6, 6.07) is 0. The van der Waals surface area contributed by atoms with Crippen molar-refractivity contribution in [3.8, 4) is 0 Å². The molecule has 0 N–H and O–H groups in total. The third kappa shape index (κ3) is 1.21. The Labute approximate surface area is 46.9 Å². The molecule has 0 atom stereocenters. The van der Waals surface area contributed by atoms with Gasteiger partial charge in [-0.15, -0.1) is 0 Å². The Morgan fingerprint density at radius 1 is 1.33 bits per heavy atom. The van der Waals surface area contributed by atoms with Crippen LogP contribution in [0.2, 0.25) is 0 Å². The van der Waals surface area contributed by atoms with Crippen molar-refractivity contribution in [2.24, 2.45) is 0 Å². The third-order valence-corrected chi connectivity index (χ3v) is 3.35. The molecule has 0 aromatic carbocycles. The molecule has 0 saturated heterocycles. The first kappa shape index (κ1) is 4.51. The van der Waals surface area contributed by atoms with Crippen LogP contribution in [0, 0.1) is 0 Å². The van der Waals surface area contributed by atoms with Gasteiger partial charge in [0.2, 0.25) is 0 Å². The summed E-state index contributed by atoms with van der Waals surface area (Å²) in [5, 5.41) is 2.12. The molecule has 0 fully saturated rings. The maximum absolute atomic E-state index is 2.21. The van der Waals surface area contributed by atoms with Crippen LogP contribution in [0.5, 0.6) is 0 Å². The fraction of sp³-hybridized carbons (Fsp3) is 0. The van der Waals surface area contributed by atoms with Crippen LogP contribution in [0.15, 0.2) is 22.5 Å². The SMILES string of the molecule is C1=CS[Se]C=C1. The second-order valence-electron chi connectivity index (χ2n) is 0.850. The van der Waals surface area contributed by atoms with Gasteiger partial charge in [0, 0.05) is 0 Å². The van der Waals surface area contributed by atoms with Crippen LogP contribution in [0.3, 0.4) is 0 Å². The Kier molecular flexibility index (Phi) is 1.89. The second kappa shape index (κ2) is 2.51. The van der Waals surface area contributed by atoms with E-state index in [0.717, 1.165) is 0 Å². The van der Waals surface area contributed by atoms with Crippen LogP contribution in [0.4, 0.5) is 0 Å². The summed E-state index contributed by atoms with van der Waals surface area (Å²) in [7, 11) is 1.89. The van der Waals surface area contributed by atoms with Gasteiger partial charge in [-0.2, -0.15) is 0 Å². The summed E-state index contributed by atoms with van der Waals surface area (Å²) < 4.78 is 0. The van der Waals surface area contributed by atoms with Gasteiger partial charge in [0.25, 0.3) is 0 Å². The van der Waals surface area contributed by atoms with Crippen LogP contribution in [0.25, 0.3) is 0 Å². The first-order valence-corrected chi connectivity index (χ1v) is 5.53. The van der Waals surface area contributed by atoms with E-state index in [-0.39, 0.29) is 0 Å². The quantitative estimate of drug-likeness (QED) is 0.486. The molecule has 0 aromatic heterocycles. The molecule has 1 heterocycles. The molecular weight excluding hydrogens is 159 g/mol. The van der Waals surface area contributed by atoms with E-state index in [2.05, 4.69) is 22.5 Å². The molecule has 0 saturated carbocycles. The fourth-order valence-electron chi connectivity index (χ4n) is 0.219. The van der Waals surface area contributed by atoms with Gasteiger partial charge >= 0.3 is 46.6 Å². The Morgan fingerprint density at radius 2 is 2.33 bits per heavy atom. The standard InChI is InChI=1S/C4H4SSe/c1-2-4-6-5-3-1/h1-4H. The zero-order valence-corrected chi connectivity index (χ0v) is 5.66. The van der Waals surface area contributed by atoms with E-state index in [1.807, 2.05) is 10.2 Å². The maximum atomic E-state index is 2.21. The zero-order chi connectivity index (χ0) is 4.24. The predicted molar refractivity (Wildman–Crippen MR) is 31.6 cm³/mol. The summed E-state index contributed by atoms with van der Waals surface area (Å²) in [4.78, 5) is 2.21. The number of hydrogen-bond donors (Lipinski definition) is 0. The molecule has 0 amide bonds.